The van der Waals surface area contributed by atoms with Crippen molar-refractivity contribution in [3.63, 3.8) is 0 Å². The van der Waals surface area contributed by atoms with E-state index in [1.54, 1.807) is 0 Å². The topological polar surface area (TPSA) is 49.3 Å². The van der Waals surface area contributed by atoms with Crippen molar-refractivity contribution in [2.75, 3.05) is 13.2 Å². The summed E-state index contributed by atoms with van der Waals surface area (Å²) in [6.45, 7) is 3.31. The van der Waals surface area contributed by atoms with Crippen LogP contribution < -0.4 is 5.32 Å². The Morgan fingerprint density at radius 3 is 2.48 bits per heavy atom. The SMILES string of the molecule is CCCCC1CCC(C(=O)NCC2CCCC2CO)CC1. The van der Waals surface area contributed by atoms with E-state index in [9.17, 15) is 9.90 Å². The van der Waals surface area contributed by atoms with Crippen LogP contribution in [0.4, 0.5) is 0 Å². The largest absolute Gasteiger partial charge is 0.396 e. The lowest BCUT2D eigenvalue weighted by molar-refractivity contribution is -0.126. The van der Waals surface area contributed by atoms with Crippen LogP contribution in [0, 0.1) is 23.7 Å². The van der Waals surface area contributed by atoms with Crippen molar-refractivity contribution >= 4 is 5.91 Å². The minimum Gasteiger partial charge on any atom is -0.396 e. The first-order chi connectivity index (χ1) is 10.2. The summed E-state index contributed by atoms with van der Waals surface area (Å²) in [6.07, 6.45) is 12.1. The average Bonchev–Trinajstić information content (AvgIpc) is 2.98. The van der Waals surface area contributed by atoms with E-state index in [2.05, 4.69) is 12.2 Å². The quantitative estimate of drug-likeness (QED) is 0.755. The van der Waals surface area contributed by atoms with Gasteiger partial charge in [-0.1, -0.05) is 32.6 Å². The number of aliphatic hydroxyl groups excluding tert-OH is 1. The van der Waals surface area contributed by atoms with Gasteiger partial charge in [-0.15, -0.1) is 0 Å². The third-order valence-corrected chi connectivity index (χ3v) is 5.77. The lowest BCUT2D eigenvalue weighted by atomic mass is 9.79. The van der Waals surface area contributed by atoms with Crippen LogP contribution in [0.3, 0.4) is 0 Å². The van der Waals surface area contributed by atoms with Gasteiger partial charge >= 0.3 is 0 Å². The molecule has 0 saturated heterocycles. The first-order valence-corrected chi connectivity index (χ1v) is 9.13. The summed E-state index contributed by atoms with van der Waals surface area (Å²) in [5.74, 6) is 2.29. The maximum absolute atomic E-state index is 12.3. The minimum atomic E-state index is 0.247. The summed E-state index contributed by atoms with van der Waals surface area (Å²) >= 11 is 0. The molecule has 3 nitrogen and oxygen atoms in total. The summed E-state index contributed by atoms with van der Waals surface area (Å²) < 4.78 is 0. The van der Waals surface area contributed by atoms with Crippen molar-refractivity contribution < 1.29 is 9.90 Å². The molecule has 2 unspecified atom stereocenters. The van der Waals surface area contributed by atoms with Crippen LogP contribution in [0.25, 0.3) is 0 Å². The van der Waals surface area contributed by atoms with Crippen molar-refractivity contribution in [3.8, 4) is 0 Å². The van der Waals surface area contributed by atoms with E-state index in [0.717, 1.165) is 38.1 Å². The number of nitrogens with one attached hydrogen (secondary N) is 1. The Morgan fingerprint density at radius 2 is 1.81 bits per heavy atom. The number of carbonyl (C=O) groups is 1. The molecule has 2 aliphatic carbocycles. The molecule has 1 amide bonds. The number of aliphatic hydroxyl groups is 1. The zero-order valence-electron chi connectivity index (χ0n) is 13.7. The molecule has 2 atom stereocenters. The third-order valence-electron chi connectivity index (χ3n) is 5.77. The number of hydrogen-bond acceptors (Lipinski definition) is 2. The Kier molecular flexibility index (Phi) is 7.01. The van der Waals surface area contributed by atoms with Crippen LogP contribution in [0.15, 0.2) is 0 Å². The standard InChI is InChI=1S/C18H33NO2/c1-2-3-5-14-8-10-15(11-9-14)18(21)19-12-16-6-4-7-17(16)13-20/h14-17,20H,2-13H2,1H3,(H,19,21). The zero-order valence-corrected chi connectivity index (χ0v) is 13.7. The van der Waals surface area contributed by atoms with Crippen LogP contribution in [0.1, 0.15) is 71.1 Å². The predicted molar refractivity (Wildman–Crippen MR) is 85.9 cm³/mol. The summed E-state index contributed by atoms with van der Waals surface area (Å²) in [5, 5.41) is 12.5. The van der Waals surface area contributed by atoms with E-state index >= 15 is 0 Å². The predicted octanol–water partition coefficient (Wildman–Crippen LogP) is 3.51. The first-order valence-electron chi connectivity index (χ1n) is 9.13. The van der Waals surface area contributed by atoms with Crippen molar-refractivity contribution in [1.82, 2.24) is 5.32 Å². The summed E-state index contributed by atoms with van der Waals surface area (Å²) in [6, 6.07) is 0. The van der Waals surface area contributed by atoms with Crippen molar-refractivity contribution in [2.45, 2.75) is 71.1 Å². The molecule has 0 aromatic heterocycles. The number of hydrogen-bond donors (Lipinski definition) is 2. The van der Waals surface area contributed by atoms with Gasteiger partial charge in [0.05, 0.1) is 0 Å². The number of carbonyl (C=O) groups excluding carboxylic acids is 1. The highest BCUT2D eigenvalue weighted by atomic mass is 16.3. The molecule has 0 aliphatic heterocycles. The fourth-order valence-corrected chi connectivity index (χ4v) is 4.20. The molecule has 0 aromatic carbocycles. The van der Waals surface area contributed by atoms with Crippen LogP contribution in [-0.4, -0.2) is 24.2 Å². The fraction of sp³-hybridized carbons (Fsp3) is 0.944. The monoisotopic (exact) mass is 295 g/mol. The van der Waals surface area contributed by atoms with Gasteiger partial charge < -0.3 is 10.4 Å². The molecule has 0 bridgehead atoms. The third kappa shape index (κ3) is 4.98. The molecule has 0 aromatic rings. The Labute approximate surface area is 129 Å². The van der Waals surface area contributed by atoms with E-state index in [0.29, 0.717) is 11.8 Å². The molecule has 21 heavy (non-hydrogen) atoms. The molecular weight excluding hydrogens is 262 g/mol. The zero-order chi connectivity index (χ0) is 15.1. The van der Waals surface area contributed by atoms with E-state index in [4.69, 9.17) is 0 Å². The first kappa shape index (κ1) is 16.8. The average molecular weight is 295 g/mol. The second kappa shape index (κ2) is 8.77. The molecule has 3 heteroatoms. The van der Waals surface area contributed by atoms with Crippen LogP contribution in [0.5, 0.6) is 0 Å². The van der Waals surface area contributed by atoms with Gasteiger partial charge in [-0.2, -0.15) is 0 Å². The molecule has 0 heterocycles. The van der Waals surface area contributed by atoms with Crippen LogP contribution >= 0.6 is 0 Å². The van der Waals surface area contributed by atoms with Crippen LogP contribution in [-0.2, 0) is 4.79 Å². The highest BCUT2D eigenvalue weighted by molar-refractivity contribution is 5.78. The molecule has 0 radical (unpaired) electrons. The molecule has 122 valence electrons. The molecule has 2 saturated carbocycles. The highest BCUT2D eigenvalue weighted by Crippen LogP contribution is 2.33. The molecule has 2 rings (SSSR count). The Balaban J connectivity index is 1.65. The van der Waals surface area contributed by atoms with Gasteiger partial charge in [0.15, 0.2) is 0 Å². The molecule has 2 aliphatic rings. The van der Waals surface area contributed by atoms with E-state index in [1.807, 2.05) is 0 Å². The Bertz CT molecular complexity index is 310. The van der Waals surface area contributed by atoms with Gasteiger partial charge in [-0.25, -0.2) is 0 Å². The number of unbranched alkanes of at least 4 members (excludes halogenated alkanes) is 1. The summed E-state index contributed by atoms with van der Waals surface area (Å²) in [5.41, 5.74) is 0. The maximum atomic E-state index is 12.3. The Morgan fingerprint density at radius 1 is 1.10 bits per heavy atom. The lowest BCUT2D eigenvalue weighted by Gasteiger charge is -2.28. The normalized spacial score (nSPS) is 33.0. The Hall–Kier alpha value is -0.570. The second-order valence-corrected chi connectivity index (χ2v) is 7.24. The van der Waals surface area contributed by atoms with Crippen molar-refractivity contribution in [1.29, 1.82) is 0 Å². The molecule has 2 N–H and O–H groups in total. The molecule has 2 fully saturated rings. The van der Waals surface area contributed by atoms with Crippen molar-refractivity contribution in [2.24, 2.45) is 23.7 Å². The highest BCUT2D eigenvalue weighted by Gasteiger charge is 2.29. The van der Waals surface area contributed by atoms with Crippen LogP contribution in [0.2, 0.25) is 0 Å². The summed E-state index contributed by atoms with van der Waals surface area (Å²) in [7, 11) is 0. The molecular formula is C18H33NO2. The number of amides is 1. The van der Waals surface area contributed by atoms with Gasteiger partial charge in [-0.05, 0) is 56.3 Å². The lowest BCUT2D eigenvalue weighted by Crippen LogP contribution is -2.37. The van der Waals surface area contributed by atoms with E-state index < -0.39 is 0 Å². The molecule has 0 spiro atoms. The van der Waals surface area contributed by atoms with Gasteiger partial charge in [0.1, 0.15) is 0 Å². The van der Waals surface area contributed by atoms with Gasteiger partial charge in [0, 0.05) is 19.1 Å². The summed E-state index contributed by atoms with van der Waals surface area (Å²) in [4.78, 5) is 12.3. The van der Waals surface area contributed by atoms with E-state index in [1.165, 1.54) is 38.5 Å². The smallest absolute Gasteiger partial charge is 0.223 e. The number of rotatable bonds is 7. The minimum absolute atomic E-state index is 0.247. The van der Waals surface area contributed by atoms with E-state index in [-0.39, 0.29) is 18.4 Å². The van der Waals surface area contributed by atoms with Gasteiger partial charge in [-0.3, -0.25) is 4.79 Å². The van der Waals surface area contributed by atoms with Gasteiger partial charge in [0.2, 0.25) is 5.91 Å². The maximum Gasteiger partial charge on any atom is 0.223 e. The fourth-order valence-electron chi connectivity index (χ4n) is 4.20. The van der Waals surface area contributed by atoms with Gasteiger partial charge in [0.25, 0.3) is 0 Å². The second-order valence-electron chi connectivity index (χ2n) is 7.24. The van der Waals surface area contributed by atoms with Crippen molar-refractivity contribution in [3.05, 3.63) is 0 Å².